The van der Waals surface area contributed by atoms with Gasteiger partial charge in [0.15, 0.2) is 0 Å². The molecular weight excluding hydrogens is 162 g/mol. The molecule has 0 unspecified atom stereocenters. The maximum atomic E-state index is 11.1. The van der Waals surface area contributed by atoms with Gasteiger partial charge in [0.2, 0.25) is 11.0 Å². The molecule has 1 aliphatic heterocycles. The number of nitrogens with zero attached hydrogens (tertiary/aromatic N) is 3. The highest BCUT2D eigenvalue weighted by Crippen LogP contribution is 2.21. The first-order valence-corrected chi connectivity index (χ1v) is 4.32. The Hall–Kier alpha value is -0.970. The van der Waals surface area contributed by atoms with Crippen molar-refractivity contribution >= 4 is 22.4 Å². The first kappa shape index (κ1) is 6.72. The highest BCUT2D eigenvalue weighted by atomic mass is 32.1. The zero-order chi connectivity index (χ0) is 7.68. The third-order valence-corrected chi connectivity index (χ3v) is 2.37. The minimum absolute atomic E-state index is 0.168. The minimum atomic E-state index is 0.168. The van der Waals surface area contributed by atoms with E-state index in [9.17, 15) is 4.79 Å². The zero-order valence-corrected chi connectivity index (χ0v) is 6.67. The second kappa shape index (κ2) is 2.58. The summed E-state index contributed by atoms with van der Waals surface area (Å²) in [5, 5.41) is 8.23. The highest BCUT2D eigenvalue weighted by molar-refractivity contribution is 7.13. The average molecular weight is 169 g/mol. The van der Waals surface area contributed by atoms with E-state index in [0.717, 1.165) is 18.1 Å². The predicted octanol–water partition coefficient (Wildman–Crippen LogP) is 0.665. The van der Waals surface area contributed by atoms with E-state index in [2.05, 4.69) is 10.2 Å². The molecule has 2 heterocycles. The topological polar surface area (TPSA) is 46.1 Å². The van der Waals surface area contributed by atoms with Gasteiger partial charge in [0.1, 0.15) is 5.51 Å². The Kier molecular flexibility index (Phi) is 1.58. The summed E-state index contributed by atoms with van der Waals surface area (Å²) in [5.41, 5.74) is 1.64. The zero-order valence-electron chi connectivity index (χ0n) is 5.86. The summed E-state index contributed by atoms with van der Waals surface area (Å²) in [6.07, 6.45) is 1.60. The molecule has 5 heteroatoms. The van der Waals surface area contributed by atoms with Crippen LogP contribution in [0.1, 0.15) is 12.8 Å². The fourth-order valence-corrected chi connectivity index (χ4v) is 1.74. The first-order chi connectivity index (χ1) is 5.38. The van der Waals surface area contributed by atoms with Gasteiger partial charge < -0.3 is 0 Å². The molecule has 2 rings (SSSR count). The van der Waals surface area contributed by atoms with E-state index >= 15 is 0 Å². The van der Waals surface area contributed by atoms with E-state index < -0.39 is 0 Å². The SMILES string of the molecule is O=C1CCCN1c1nncs1. The lowest BCUT2D eigenvalue weighted by atomic mass is 10.4. The molecule has 0 saturated carbocycles. The Bertz CT molecular complexity index is 259. The van der Waals surface area contributed by atoms with Crippen molar-refractivity contribution in [2.45, 2.75) is 12.8 Å². The van der Waals surface area contributed by atoms with Crippen LogP contribution in [-0.2, 0) is 4.79 Å². The summed E-state index contributed by atoms with van der Waals surface area (Å²) in [7, 11) is 0. The Morgan fingerprint density at radius 2 is 2.55 bits per heavy atom. The number of anilines is 1. The molecule has 0 aromatic carbocycles. The third kappa shape index (κ3) is 1.11. The number of carbonyl (C=O) groups excluding carboxylic acids is 1. The van der Waals surface area contributed by atoms with Gasteiger partial charge in [-0.05, 0) is 6.42 Å². The van der Waals surface area contributed by atoms with Crippen molar-refractivity contribution in [3.8, 4) is 0 Å². The van der Waals surface area contributed by atoms with Gasteiger partial charge in [0.05, 0.1) is 0 Å². The van der Waals surface area contributed by atoms with Crippen LogP contribution in [-0.4, -0.2) is 22.6 Å². The molecule has 58 valence electrons. The normalized spacial score (nSPS) is 17.8. The van der Waals surface area contributed by atoms with Gasteiger partial charge in [-0.15, -0.1) is 10.2 Å². The maximum Gasteiger partial charge on any atom is 0.228 e. The molecule has 0 bridgehead atoms. The summed E-state index contributed by atoms with van der Waals surface area (Å²) >= 11 is 1.41. The molecule has 0 atom stereocenters. The lowest BCUT2D eigenvalue weighted by molar-refractivity contribution is -0.117. The van der Waals surface area contributed by atoms with E-state index in [-0.39, 0.29) is 5.91 Å². The molecule has 1 aromatic heterocycles. The third-order valence-electron chi connectivity index (χ3n) is 1.65. The van der Waals surface area contributed by atoms with Crippen LogP contribution < -0.4 is 4.90 Å². The van der Waals surface area contributed by atoms with E-state index in [1.165, 1.54) is 11.3 Å². The molecule has 0 radical (unpaired) electrons. The Balaban J connectivity index is 2.23. The van der Waals surface area contributed by atoms with Gasteiger partial charge in [-0.3, -0.25) is 9.69 Å². The quantitative estimate of drug-likeness (QED) is 0.620. The van der Waals surface area contributed by atoms with Crippen molar-refractivity contribution in [2.75, 3.05) is 11.4 Å². The van der Waals surface area contributed by atoms with Gasteiger partial charge in [-0.1, -0.05) is 11.3 Å². The average Bonchev–Trinajstić information content (AvgIpc) is 2.55. The number of rotatable bonds is 1. The highest BCUT2D eigenvalue weighted by Gasteiger charge is 2.23. The largest absolute Gasteiger partial charge is 0.287 e. The second-order valence-electron chi connectivity index (χ2n) is 2.37. The summed E-state index contributed by atoms with van der Waals surface area (Å²) < 4.78 is 0. The van der Waals surface area contributed by atoms with Gasteiger partial charge in [-0.2, -0.15) is 0 Å². The lowest BCUT2D eigenvalue weighted by Gasteiger charge is -2.08. The summed E-state index contributed by atoms with van der Waals surface area (Å²) in [6, 6.07) is 0. The van der Waals surface area contributed by atoms with Crippen LogP contribution in [0.25, 0.3) is 0 Å². The number of hydrogen-bond donors (Lipinski definition) is 0. The van der Waals surface area contributed by atoms with E-state index in [0.29, 0.717) is 6.42 Å². The van der Waals surface area contributed by atoms with Crippen molar-refractivity contribution in [2.24, 2.45) is 0 Å². The molecule has 0 spiro atoms. The maximum absolute atomic E-state index is 11.1. The Labute approximate surface area is 67.9 Å². The molecule has 1 amide bonds. The van der Waals surface area contributed by atoms with Crippen molar-refractivity contribution in [3.63, 3.8) is 0 Å². The van der Waals surface area contributed by atoms with Crippen LogP contribution in [0.4, 0.5) is 5.13 Å². The van der Waals surface area contributed by atoms with Crippen molar-refractivity contribution in [1.29, 1.82) is 0 Å². The molecule has 11 heavy (non-hydrogen) atoms. The van der Waals surface area contributed by atoms with Crippen LogP contribution in [0.5, 0.6) is 0 Å². The standard InChI is InChI=1S/C6H7N3OS/c10-5-2-1-3-9(5)6-8-7-4-11-6/h4H,1-3H2. The van der Waals surface area contributed by atoms with Crippen molar-refractivity contribution < 1.29 is 4.79 Å². The summed E-state index contributed by atoms with van der Waals surface area (Å²) in [4.78, 5) is 12.8. The van der Waals surface area contributed by atoms with Crippen molar-refractivity contribution in [3.05, 3.63) is 5.51 Å². The Morgan fingerprint density at radius 1 is 1.64 bits per heavy atom. The number of aromatic nitrogens is 2. The van der Waals surface area contributed by atoms with Crippen LogP contribution >= 0.6 is 11.3 Å². The summed E-state index contributed by atoms with van der Waals surface area (Å²) in [5.74, 6) is 0.168. The molecule has 1 saturated heterocycles. The fourth-order valence-electron chi connectivity index (χ4n) is 1.14. The number of amides is 1. The van der Waals surface area contributed by atoms with Gasteiger partial charge in [0.25, 0.3) is 0 Å². The molecule has 1 aliphatic rings. The molecule has 1 fully saturated rings. The van der Waals surface area contributed by atoms with Gasteiger partial charge >= 0.3 is 0 Å². The van der Waals surface area contributed by atoms with Crippen LogP contribution in [0, 0.1) is 0 Å². The monoisotopic (exact) mass is 169 g/mol. The minimum Gasteiger partial charge on any atom is -0.287 e. The van der Waals surface area contributed by atoms with Crippen LogP contribution in [0.15, 0.2) is 5.51 Å². The fraction of sp³-hybridized carbons (Fsp3) is 0.500. The van der Waals surface area contributed by atoms with Gasteiger partial charge in [-0.25, -0.2) is 0 Å². The molecular formula is C6H7N3OS. The summed E-state index contributed by atoms with van der Waals surface area (Å²) in [6.45, 7) is 0.800. The molecule has 0 aliphatic carbocycles. The van der Waals surface area contributed by atoms with Crippen LogP contribution in [0.2, 0.25) is 0 Å². The van der Waals surface area contributed by atoms with Crippen molar-refractivity contribution in [1.82, 2.24) is 10.2 Å². The molecule has 1 aromatic rings. The Morgan fingerprint density at radius 3 is 3.09 bits per heavy atom. The number of hydrogen-bond acceptors (Lipinski definition) is 4. The first-order valence-electron chi connectivity index (χ1n) is 3.44. The molecule has 0 N–H and O–H groups in total. The molecule has 4 nitrogen and oxygen atoms in total. The van der Waals surface area contributed by atoms with E-state index in [1.807, 2.05) is 0 Å². The van der Waals surface area contributed by atoms with E-state index in [1.54, 1.807) is 10.4 Å². The van der Waals surface area contributed by atoms with E-state index in [4.69, 9.17) is 0 Å². The lowest BCUT2D eigenvalue weighted by Crippen LogP contribution is -2.23. The number of carbonyl (C=O) groups is 1. The second-order valence-corrected chi connectivity index (χ2v) is 3.18. The smallest absolute Gasteiger partial charge is 0.228 e. The van der Waals surface area contributed by atoms with Crippen LogP contribution in [0.3, 0.4) is 0 Å². The van der Waals surface area contributed by atoms with Gasteiger partial charge in [0, 0.05) is 13.0 Å². The predicted molar refractivity (Wildman–Crippen MR) is 41.5 cm³/mol.